The zero-order valence-corrected chi connectivity index (χ0v) is 22.9. The maximum absolute atomic E-state index is 13.1. The number of allylic oxidation sites excluding steroid dienone is 2. The van der Waals surface area contributed by atoms with Gasteiger partial charge in [0.15, 0.2) is 0 Å². The van der Waals surface area contributed by atoms with E-state index in [1.807, 2.05) is 60.0 Å². The van der Waals surface area contributed by atoms with E-state index in [9.17, 15) is 12.8 Å². The highest BCUT2D eigenvalue weighted by molar-refractivity contribution is 7.90. The number of nitrogens with one attached hydrogen (secondary N) is 3. The second-order valence-corrected chi connectivity index (χ2v) is 12.4. The highest BCUT2D eigenvalue weighted by Gasteiger charge is 2.19. The molecule has 0 saturated carbocycles. The van der Waals surface area contributed by atoms with E-state index in [-0.39, 0.29) is 11.6 Å². The van der Waals surface area contributed by atoms with E-state index in [0.717, 1.165) is 43.9 Å². The van der Waals surface area contributed by atoms with Gasteiger partial charge in [-0.05, 0) is 48.0 Å². The minimum absolute atomic E-state index is 0.100. The van der Waals surface area contributed by atoms with Crippen LogP contribution in [0.25, 0.3) is 0 Å². The average molecular weight is 566 g/mol. The third-order valence-electron chi connectivity index (χ3n) is 5.92. The Kier molecular flexibility index (Phi) is 8.10. The zero-order chi connectivity index (χ0) is 27.2. The Morgan fingerprint density at radius 3 is 2.67 bits per heavy atom. The van der Waals surface area contributed by atoms with Gasteiger partial charge in [-0.2, -0.15) is 0 Å². The quantitative estimate of drug-likeness (QED) is 0.289. The number of anilines is 2. The number of ether oxygens (including phenoxy) is 1. The lowest BCUT2D eigenvalue weighted by atomic mass is 10.0. The van der Waals surface area contributed by atoms with E-state index < -0.39 is 9.84 Å². The van der Waals surface area contributed by atoms with Crippen molar-refractivity contribution >= 4 is 31.9 Å². The third-order valence-corrected chi connectivity index (χ3v) is 7.88. The standard InChI is InChI=1S/C28H28FN5O3S2/c1-39(35,36)13-11-30-16-27-32-17-28(38-27)34-12-10-21-14-31-15-26(25(21)18-34)33-23-6-8-24(9-7-23)37-19-20-2-4-22(29)5-3-20/h2-10,12,14-15,17-18,30-31,33H,11,13,16,19H2,1H3. The van der Waals surface area contributed by atoms with Gasteiger partial charge in [0.25, 0.3) is 0 Å². The van der Waals surface area contributed by atoms with E-state index in [4.69, 9.17) is 4.74 Å². The molecule has 0 unspecified atom stereocenters. The Balaban J connectivity index is 1.20. The monoisotopic (exact) mass is 565 g/mol. The van der Waals surface area contributed by atoms with Crippen LogP contribution in [-0.2, 0) is 23.0 Å². The number of sulfone groups is 1. The van der Waals surface area contributed by atoms with E-state index >= 15 is 0 Å². The van der Waals surface area contributed by atoms with Crippen LogP contribution in [0.15, 0.2) is 102 Å². The summed E-state index contributed by atoms with van der Waals surface area (Å²) in [5, 5.41) is 11.6. The summed E-state index contributed by atoms with van der Waals surface area (Å²) in [5.41, 5.74) is 4.78. The van der Waals surface area contributed by atoms with Crippen molar-refractivity contribution in [3.05, 3.63) is 119 Å². The van der Waals surface area contributed by atoms with Crippen LogP contribution in [0.3, 0.4) is 0 Å². The minimum Gasteiger partial charge on any atom is -0.489 e. The fourth-order valence-electron chi connectivity index (χ4n) is 3.88. The number of hydrogen-bond donors (Lipinski definition) is 3. The average Bonchev–Trinajstić information content (AvgIpc) is 3.40. The van der Waals surface area contributed by atoms with Crippen LogP contribution in [0.5, 0.6) is 5.75 Å². The highest BCUT2D eigenvalue weighted by atomic mass is 32.2. The molecule has 0 aliphatic carbocycles. The lowest BCUT2D eigenvalue weighted by Crippen LogP contribution is -2.21. The van der Waals surface area contributed by atoms with Gasteiger partial charge in [-0.1, -0.05) is 23.5 Å². The minimum atomic E-state index is -2.99. The topological polar surface area (TPSA) is 95.6 Å². The van der Waals surface area contributed by atoms with Crippen molar-refractivity contribution in [3.63, 3.8) is 0 Å². The van der Waals surface area contributed by atoms with Crippen molar-refractivity contribution in [2.45, 2.75) is 13.2 Å². The number of hydrogen-bond acceptors (Lipinski definition) is 9. The number of aromatic nitrogens is 1. The Hall–Kier alpha value is -3.93. The first kappa shape index (κ1) is 26.7. The van der Waals surface area contributed by atoms with Crippen LogP contribution in [-0.4, -0.2) is 32.0 Å². The van der Waals surface area contributed by atoms with Gasteiger partial charge >= 0.3 is 0 Å². The number of dihydropyridines is 1. The molecular weight excluding hydrogens is 537 g/mol. The molecule has 0 bridgehead atoms. The van der Waals surface area contributed by atoms with E-state index in [2.05, 4.69) is 27.1 Å². The lowest BCUT2D eigenvalue weighted by molar-refractivity contribution is 0.306. The van der Waals surface area contributed by atoms with Crippen LogP contribution >= 0.6 is 11.3 Å². The van der Waals surface area contributed by atoms with Gasteiger partial charge in [0, 0.05) is 61.0 Å². The zero-order valence-electron chi connectivity index (χ0n) is 21.2. The normalized spacial score (nSPS) is 14.6. The summed E-state index contributed by atoms with van der Waals surface area (Å²) in [6.07, 6.45) is 13.0. The maximum Gasteiger partial charge on any atom is 0.148 e. The summed E-state index contributed by atoms with van der Waals surface area (Å²) in [6, 6.07) is 13.9. The van der Waals surface area contributed by atoms with Crippen molar-refractivity contribution in [1.29, 1.82) is 0 Å². The number of nitrogens with zero attached hydrogens (tertiary/aromatic N) is 2. The number of fused-ring (bicyclic) bond motifs is 1. The largest absolute Gasteiger partial charge is 0.489 e. The summed E-state index contributed by atoms with van der Waals surface area (Å²) in [6.45, 7) is 1.27. The fraction of sp³-hybridized carbons (Fsp3) is 0.179. The number of benzene rings is 2. The van der Waals surface area contributed by atoms with Crippen molar-refractivity contribution in [1.82, 2.24) is 15.6 Å². The molecule has 0 saturated heterocycles. The third kappa shape index (κ3) is 7.34. The van der Waals surface area contributed by atoms with E-state index in [1.165, 1.54) is 18.4 Å². The molecule has 3 N–H and O–H groups in total. The van der Waals surface area contributed by atoms with Crippen molar-refractivity contribution in [2.24, 2.45) is 0 Å². The summed E-state index contributed by atoms with van der Waals surface area (Å²) >= 11 is 1.55. The van der Waals surface area contributed by atoms with Gasteiger partial charge in [0.1, 0.15) is 38.0 Å². The van der Waals surface area contributed by atoms with Crippen LogP contribution in [0.1, 0.15) is 10.6 Å². The molecule has 1 aromatic heterocycles. The molecule has 8 nitrogen and oxygen atoms in total. The predicted molar refractivity (Wildman–Crippen MR) is 153 cm³/mol. The van der Waals surface area contributed by atoms with Crippen LogP contribution in [0, 0.1) is 5.82 Å². The summed E-state index contributed by atoms with van der Waals surface area (Å²) < 4.78 is 41.5. The van der Waals surface area contributed by atoms with Gasteiger partial charge in [-0.25, -0.2) is 17.8 Å². The Labute approximate surface area is 231 Å². The smallest absolute Gasteiger partial charge is 0.148 e. The summed E-state index contributed by atoms with van der Waals surface area (Å²) in [5.74, 6) is 0.556. The van der Waals surface area contributed by atoms with Gasteiger partial charge in [0.05, 0.1) is 17.6 Å². The molecular formula is C28H28FN5O3S2. The predicted octanol–water partition coefficient (Wildman–Crippen LogP) is 4.65. The summed E-state index contributed by atoms with van der Waals surface area (Å²) in [7, 11) is -2.99. The van der Waals surface area contributed by atoms with Gasteiger partial charge in [-0.3, -0.25) is 0 Å². The first-order valence-corrected chi connectivity index (χ1v) is 15.1. The molecule has 2 aliphatic rings. The van der Waals surface area contributed by atoms with Crippen LogP contribution in [0.4, 0.5) is 15.1 Å². The molecule has 3 aromatic rings. The Bertz CT molecular complexity index is 1540. The second-order valence-electron chi connectivity index (χ2n) is 9.05. The van der Waals surface area contributed by atoms with E-state index in [0.29, 0.717) is 19.7 Å². The number of thiazole rings is 1. The maximum atomic E-state index is 13.1. The molecule has 39 heavy (non-hydrogen) atoms. The molecule has 0 atom stereocenters. The van der Waals surface area contributed by atoms with Crippen LogP contribution < -0.4 is 25.6 Å². The molecule has 0 amide bonds. The van der Waals surface area contributed by atoms with Gasteiger partial charge < -0.3 is 25.6 Å². The second kappa shape index (κ2) is 11.9. The molecule has 2 aromatic carbocycles. The summed E-state index contributed by atoms with van der Waals surface area (Å²) in [4.78, 5) is 6.50. The SMILES string of the molecule is CS(=O)(=O)CCNCc1ncc(N2C=CC3=CNC=C(Nc4ccc(OCc5ccc(F)cc5)cc4)C3=C2)s1. The van der Waals surface area contributed by atoms with Crippen molar-refractivity contribution in [3.8, 4) is 5.75 Å². The van der Waals surface area contributed by atoms with E-state index in [1.54, 1.807) is 23.5 Å². The number of rotatable bonds is 11. The fourth-order valence-corrected chi connectivity index (χ4v) is 5.24. The molecule has 0 spiro atoms. The van der Waals surface area contributed by atoms with Crippen molar-refractivity contribution < 1.29 is 17.5 Å². The van der Waals surface area contributed by atoms with Crippen LogP contribution in [0.2, 0.25) is 0 Å². The molecule has 11 heteroatoms. The highest BCUT2D eigenvalue weighted by Crippen LogP contribution is 2.33. The Morgan fingerprint density at radius 1 is 1.10 bits per heavy atom. The first-order chi connectivity index (χ1) is 18.8. The molecule has 2 aliphatic heterocycles. The van der Waals surface area contributed by atoms with Gasteiger partial charge in [0.2, 0.25) is 0 Å². The number of halogens is 1. The molecule has 0 radical (unpaired) electrons. The first-order valence-electron chi connectivity index (χ1n) is 12.3. The van der Waals surface area contributed by atoms with Crippen molar-refractivity contribution in [2.75, 3.05) is 28.8 Å². The Morgan fingerprint density at radius 2 is 1.90 bits per heavy atom. The molecule has 0 fully saturated rings. The molecule has 5 rings (SSSR count). The van der Waals surface area contributed by atoms with Gasteiger partial charge in [-0.15, -0.1) is 0 Å². The molecule has 202 valence electrons. The molecule has 3 heterocycles. The lowest BCUT2D eigenvalue weighted by Gasteiger charge is -2.26.